The molecule has 7 nitrogen and oxygen atoms in total. The normalized spacial score (nSPS) is 10.7. The van der Waals surface area contributed by atoms with E-state index in [1.54, 1.807) is 53.6 Å². The number of amides is 1. The minimum atomic E-state index is -0.407. The molecule has 0 radical (unpaired) electrons. The van der Waals surface area contributed by atoms with Crippen molar-refractivity contribution in [2.24, 2.45) is 0 Å². The van der Waals surface area contributed by atoms with Crippen molar-refractivity contribution in [1.29, 1.82) is 0 Å². The molecule has 134 valence electrons. The molecule has 0 aliphatic carbocycles. The first kappa shape index (κ1) is 16.6. The van der Waals surface area contributed by atoms with Gasteiger partial charge in [0.15, 0.2) is 5.69 Å². The molecule has 1 amide bonds. The summed E-state index contributed by atoms with van der Waals surface area (Å²) in [5, 5.41) is 11.0. The Hall–Kier alpha value is -3.81. The lowest BCUT2D eigenvalue weighted by molar-refractivity contribution is 0.102. The number of carbonyl (C=O) groups is 1. The standard InChI is InChI=1S/C19H15FN6O/c20-16-3-1-2-4-18(16)26-10-9-17(24-26)19(27)23-15-7-5-14(6-8-15)11-25-13-21-12-22-25/h1-10,12-13H,11H2,(H,23,27). The first-order valence-electron chi connectivity index (χ1n) is 8.22. The Kier molecular flexibility index (Phi) is 4.44. The molecule has 0 unspecified atom stereocenters. The fourth-order valence-corrected chi connectivity index (χ4v) is 2.61. The summed E-state index contributed by atoms with van der Waals surface area (Å²) in [5.74, 6) is -0.773. The summed E-state index contributed by atoms with van der Waals surface area (Å²) in [7, 11) is 0. The minimum absolute atomic E-state index is 0.199. The molecule has 0 spiro atoms. The van der Waals surface area contributed by atoms with Crippen LogP contribution < -0.4 is 5.32 Å². The molecule has 1 N–H and O–H groups in total. The van der Waals surface area contributed by atoms with Gasteiger partial charge in [-0.15, -0.1) is 0 Å². The van der Waals surface area contributed by atoms with Crippen LogP contribution in [-0.2, 0) is 6.54 Å². The van der Waals surface area contributed by atoms with Crippen molar-refractivity contribution in [2.75, 3.05) is 5.32 Å². The number of hydrogen-bond donors (Lipinski definition) is 1. The van der Waals surface area contributed by atoms with Crippen molar-refractivity contribution in [3.05, 3.63) is 90.5 Å². The van der Waals surface area contributed by atoms with Crippen LogP contribution in [0.15, 0.2) is 73.4 Å². The zero-order chi connectivity index (χ0) is 18.6. The summed E-state index contributed by atoms with van der Waals surface area (Å²) in [5.41, 5.74) is 2.16. The van der Waals surface area contributed by atoms with Gasteiger partial charge in [-0.2, -0.15) is 10.2 Å². The number of nitrogens with zero attached hydrogens (tertiary/aromatic N) is 5. The van der Waals surface area contributed by atoms with Crippen LogP contribution in [0.2, 0.25) is 0 Å². The number of para-hydroxylation sites is 1. The van der Waals surface area contributed by atoms with Gasteiger partial charge in [-0.1, -0.05) is 24.3 Å². The third kappa shape index (κ3) is 3.74. The van der Waals surface area contributed by atoms with Gasteiger partial charge in [0.25, 0.3) is 5.91 Å². The third-order valence-electron chi connectivity index (χ3n) is 3.94. The quantitative estimate of drug-likeness (QED) is 0.592. The number of benzene rings is 2. The Morgan fingerprint density at radius 3 is 2.63 bits per heavy atom. The van der Waals surface area contributed by atoms with E-state index in [4.69, 9.17) is 0 Å². The van der Waals surface area contributed by atoms with Crippen LogP contribution >= 0.6 is 0 Å². The summed E-state index contributed by atoms with van der Waals surface area (Å²) < 4.78 is 16.9. The van der Waals surface area contributed by atoms with Crippen molar-refractivity contribution < 1.29 is 9.18 Å². The maximum absolute atomic E-state index is 13.8. The second kappa shape index (κ2) is 7.20. The molecule has 2 aromatic carbocycles. The van der Waals surface area contributed by atoms with E-state index in [1.807, 2.05) is 12.1 Å². The molecule has 2 aromatic heterocycles. The van der Waals surface area contributed by atoms with Gasteiger partial charge in [0.05, 0.1) is 6.54 Å². The van der Waals surface area contributed by atoms with E-state index in [1.165, 1.54) is 17.1 Å². The fourth-order valence-electron chi connectivity index (χ4n) is 2.61. The maximum Gasteiger partial charge on any atom is 0.276 e. The lowest BCUT2D eigenvalue weighted by Crippen LogP contribution is -2.13. The number of aromatic nitrogens is 5. The topological polar surface area (TPSA) is 77.6 Å². The molecule has 0 aliphatic heterocycles. The molecule has 2 heterocycles. The molecular formula is C19H15FN6O. The molecule has 0 saturated heterocycles. The fraction of sp³-hybridized carbons (Fsp3) is 0.0526. The molecule has 27 heavy (non-hydrogen) atoms. The third-order valence-corrected chi connectivity index (χ3v) is 3.94. The smallest absolute Gasteiger partial charge is 0.276 e. The lowest BCUT2D eigenvalue weighted by Gasteiger charge is -2.06. The van der Waals surface area contributed by atoms with Crippen molar-refractivity contribution >= 4 is 11.6 Å². The van der Waals surface area contributed by atoms with Gasteiger partial charge < -0.3 is 5.32 Å². The zero-order valence-corrected chi connectivity index (χ0v) is 14.2. The highest BCUT2D eigenvalue weighted by molar-refractivity contribution is 6.02. The summed E-state index contributed by atoms with van der Waals surface area (Å²) in [4.78, 5) is 16.3. The molecule has 4 aromatic rings. The monoisotopic (exact) mass is 362 g/mol. The number of rotatable bonds is 5. The summed E-state index contributed by atoms with van der Waals surface area (Å²) in [6, 6.07) is 15.2. The van der Waals surface area contributed by atoms with Crippen molar-refractivity contribution in [3.8, 4) is 5.69 Å². The lowest BCUT2D eigenvalue weighted by atomic mass is 10.2. The van der Waals surface area contributed by atoms with Gasteiger partial charge in [-0.25, -0.2) is 18.7 Å². The predicted octanol–water partition coefficient (Wildman–Crippen LogP) is 2.90. The van der Waals surface area contributed by atoms with E-state index in [2.05, 4.69) is 20.5 Å². The molecule has 0 aliphatic rings. The highest BCUT2D eigenvalue weighted by Crippen LogP contribution is 2.14. The van der Waals surface area contributed by atoms with E-state index in [0.717, 1.165) is 5.56 Å². The summed E-state index contributed by atoms with van der Waals surface area (Å²) >= 11 is 0. The van der Waals surface area contributed by atoms with Crippen LogP contribution in [0.4, 0.5) is 10.1 Å². The number of carbonyl (C=O) groups excluding carboxylic acids is 1. The SMILES string of the molecule is O=C(Nc1ccc(Cn2cncn2)cc1)c1ccn(-c2ccccc2F)n1. The Labute approximate surface area is 154 Å². The van der Waals surface area contributed by atoms with E-state index in [0.29, 0.717) is 12.2 Å². The van der Waals surface area contributed by atoms with Gasteiger partial charge >= 0.3 is 0 Å². The summed E-state index contributed by atoms with van der Waals surface area (Å²) in [6.07, 6.45) is 4.67. The van der Waals surface area contributed by atoms with Crippen LogP contribution in [0.25, 0.3) is 5.69 Å². The van der Waals surface area contributed by atoms with Crippen LogP contribution in [0.3, 0.4) is 0 Å². The number of anilines is 1. The average Bonchev–Trinajstić information content (AvgIpc) is 3.36. The molecule has 4 rings (SSSR count). The highest BCUT2D eigenvalue weighted by Gasteiger charge is 2.12. The van der Waals surface area contributed by atoms with Crippen LogP contribution in [0.5, 0.6) is 0 Å². The number of hydrogen-bond acceptors (Lipinski definition) is 4. The van der Waals surface area contributed by atoms with Gasteiger partial charge in [-0.3, -0.25) is 4.79 Å². The second-order valence-corrected chi connectivity index (χ2v) is 5.84. The van der Waals surface area contributed by atoms with Crippen molar-refractivity contribution in [2.45, 2.75) is 6.54 Å². The molecule has 0 saturated carbocycles. The largest absolute Gasteiger partial charge is 0.321 e. The van der Waals surface area contributed by atoms with Gasteiger partial charge in [0.1, 0.15) is 24.2 Å². The number of nitrogens with one attached hydrogen (secondary N) is 1. The summed E-state index contributed by atoms with van der Waals surface area (Å²) in [6.45, 7) is 0.598. The van der Waals surface area contributed by atoms with Gasteiger partial charge in [0, 0.05) is 11.9 Å². The first-order chi connectivity index (χ1) is 13.2. The Morgan fingerprint density at radius 2 is 1.89 bits per heavy atom. The molecular weight excluding hydrogens is 347 g/mol. The minimum Gasteiger partial charge on any atom is -0.321 e. The Balaban J connectivity index is 1.44. The molecule has 0 atom stereocenters. The van der Waals surface area contributed by atoms with E-state index in [-0.39, 0.29) is 17.3 Å². The highest BCUT2D eigenvalue weighted by atomic mass is 19.1. The van der Waals surface area contributed by atoms with Crippen molar-refractivity contribution in [3.63, 3.8) is 0 Å². The molecule has 8 heteroatoms. The van der Waals surface area contributed by atoms with Crippen LogP contribution in [-0.4, -0.2) is 30.5 Å². The van der Waals surface area contributed by atoms with Crippen LogP contribution in [0.1, 0.15) is 16.1 Å². The molecule has 0 fully saturated rings. The Bertz CT molecular complexity index is 1060. The van der Waals surface area contributed by atoms with Gasteiger partial charge in [-0.05, 0) is 35.9 Å². The average molecular weight is 362 g/mol. The zero-order valence-electron chi connectivity index (χ0n) is 14.2. The first-order valence-corrected chi connectivity index (χ1v) is 8.22. The van der Waals surface area contributed by atoms with Gasteiger partial charge in [0.2, 0.25) is 0 Å². The van der Waals surface area contributed by atoms with Crippen molar-refractivity contribution in [1.82, 2.24) is 24.5 Å². The van der Waals surface area contributed by atoms with E-state index >= 15 is 0 Å². The van der Waals surface area contributed by atoms with E-state index < -0.39 is 5.82 Å². The second-order valence-electron chi connectivity index (χ2n) is 5.84. The van der Waals surface area contributed by atoms with Crippen LogP contribution in [0, 0.1) is 5.82 Å². The number of halogens is 1. The maximum atomic E-state index is 13.8. The molecule has 0 bridgehead atoms. The Morgan fingerprint density at radius 1 is 1.07 bits per heavy atom. The van der Waals surface area contributed by atoms with E-state index in [9.17, 15) is 9.18 Å². The predicted molar refractivity (Wildman–Crippen MR) is 97.0 cm³/mol.